The van der Waals surface area contributed by atoms with E-state index in [4.69, 9.17) is 4.42 Å². The van der Waals surface area contributed by atoms with Gasteiger partial charge in [0.15, 0.2) is 0 Å². The minimum absolute atomic E-state index is 0.0910. The van der Waals surface area contributed by atoms with Crippen LogP contribution in [0.15, 0.2) is 16.9 Å². The minimum atomic E-state index is 0.0910. The Kier molecular flexibility index (Phi) is 3.78. The van der Waals surface area contributed by atoms with Crippen molar-refractivity contribution in [1.29, 1.82) is 0 Å². The first-order chi connectivity index (χ1) is 8.16. The summed E-state index contributed by atoms with van der Waals surface area (Å²) < 4.78 is 5.22. The van der Waals surface area contributed by atoms with Crippen LogP contribution in [0, 0.1) is 5.92 Å². The van der Waals surface area contributed by atoms with Crippen LogP contribution in [0.25, 0.3) is 0 Å². The summed E-state index contributed by atoms with van der Waals surface area (Å²) in [6.07, 6.45) is 3.25. The van der Waals surface area contributed by atoms with Crippen LogP contribution in [-0.4, -0.2) is 46.9 Å². The number of piperazine rings is 1. The average Bonchev–Trinajstić information content (AvgIpc) is 2.82. The highest BCUT2D eigenvalue weighted by Crippen LogP contribution is 2.09. The molecular formula is C12H19N3O2. The van der Waals surface area contributed by atoms with Crippen molar-refractivity contribution in [2.75, 3.05) is 26.2 Å². The van der Waals surface area contributed by atoms with Crippen LogP contribution in [0.1, 0.15) is 19.7 Å². The van der Waals surface area contributed by atoms with Gasteiger partial charge in [-0.2, -0.15) is 0 Å². The van der Waals surface area contributed by atoms with Gasteiger partial charge in [0, 0.05) is 32.1 Å². The van der Waals surface area contributed by atoms with Gasteiger partial charge in [-0.25, -0.2) is 4.98 Å². The third kappa shape index (κ3) is 3.06. The molecule has 2 rings (SSSR count). The fourth-order valence-electron chi connectivity index (χ4n) is 2.01. The molecule has 1 aromatic heterocycles. The Labute approximate surface area is 101 Å². The van der Waals surface area contributed by atoms with E-state index in [1.807, 2.05) is 18.7 Å². The van der Waals surface area contributed by atoms with Gasteiger partial charge in [0.1, 0.15) is 6.26 Å². The highest BCUT2D eigenvalue weighted by Gasteiger charge is 2.23. The summed E-state index contributed by atoms with van der Waals surface area (Å²) in [5.74, 6) is 1.09. The van der Waals surface area contributed by atoms with Gasteiger partial charge in [-0.3, -0.25) is 9.69 Å². The molecule has 0 aromatic carbocycles. The fourth-order valence-corrected chi connectivity index (χ4v) is 2.01. The molecule has 1 aliphatic rings. The molecule has 5 heteroatoms. The Bertz CT molecular complexity index is 354. The van der Waals surface area contributed by atoms with Gasteiger partial charge in [0.25, 0.3) is 0 Å². The molecule has 0 radical (unpaired) electrons. The second kappa shape index (κ2) is 5.31. The molecule has 1 amide bonds. The first-order valence-electron chi connectivity index (χ1n) is 6.06. The van der Waals surface area contributed by atoms with Gasteiger partial charge in [-0.05, 0) is 0 Å². The van der Waals surface area contributed by atoms with E-state index < -0.39 is 0 Å². The summed E-state index contributed by atoms with van der Waals surface area (Å²) in [6.45, 7) is 8.01. The largest absolute Gasteiger partial charge is 0.448 e. The van der Waals surface area contributed by atoms with Crippen LogP contribution in [-0.2, 0) is 11.3 Å². The highest BCUT2D eigenvalue weighted by molar-refractivity contribution is 5.78. The van der Waals surface area contributed by atoms with E-state index in [2.05, 4.69) is 9.88 Å². The molecule has 0 unspecified atom stereocenters. The SMILES string of the molecule is CC(C)C(=O)N1CCN(Cc2ncco2)CC1. The second-order valence-corrected chi connectivity index (χ2v) is 4.68. The summed E-state index contributed by atoms with van der Waals surface area (Å²) in [5.41, 5.74) is 0. The Morgan fingerprint density at radius 1 is 1.41 bits per heavy atom. The molecular weight excluding hydrogens is 218 g/mol. The number of nitrogens with zero attached hydrogens (tertiary/aromatic N) is 3. The lowest BCUT2D eigenvalue weighted by molar-refractivity contribution is -0.136. The maximum absolute atomic E-state index is 11.8. The van der Waals surface area contributed by atoms with Crippen molar-refractivity contribution in [3.8, 4) is 0 Å². The number of hydrogen-bond acceptors (Lipinski definition) is 4. The number of aromatic nitrogens is 1. The Morgan fingerprint density at radius 2 is 2.12 bits per heavy atom. The molecule has 0 atom stereocenters. The molecule has 2 heterocycles. The molecule has 5 nitrogen and oxygen atoms in total. The molecule has 94 valence electrons. The molecule has 1 saturated heterocycles. The van der Waals surface area contributed by atoms with Crippen molar-refractivity contribution in [3.05, 3.63) is 18.4 Å². The fraction of sp³-hybridized carbons (Fsp3) is 0.667. The zero-order chi connectivity index (χ0) is 12.3. The van der Waals surface area contributed by atoms with Gasteiger partial charge in [-0.15, -0.1) is 0 Å². The lowest BCUT2D eigenvalue weighted by Gasteiger charge is -2.34. The van der Waals surface area contributed by atoms with E-state index in [-0.39, 0.29) is 11.8 Å². The Balaban J connectivity index is 1.80. The summed E-state index contributed by atoms with van der Waals surface area (Å²) in [6, 6.07) is 0. The summed E-state index contributed by atoms with van der Waals surface area (Å²) >= 11 is 0. The number of oxazole rings is 1. The second-order valence-electron chi connectivity index (χ2n) is 4.68. The lowest BCUT2D eigenvalue weighted by atomic mass is 10.1. The monoisotopic (exact) mass is 237 g/mol. The van der Waals surface area contributed by atoms with Gasteiger partial charge in [0.2, 0.25) is 11.8 Å². The van der Waals surface area contributed by atoms with E-state index in [0.29, 0.717) is 0 Å². The molecule has 1 aliphatic heterocycles. The van der Waals surface area contributed by atoms with Crippen molar-refractivity contribution >= 4 is 5.91 Å². The third-order valence-corrected chi connectivity index (χ3v) is 3.02. The van der Waals surface area contributed by atoms with E-state index in [1.165, 1.54) is 0 Å². The maximum atomic E-state index is 11.8. The molecule has 1 fully saturated rings. The van der Waals surface area contributed by atoms with Crippen LogP contribution in [0.2, 0.25) is 0 Å². The molecule has 0 N–H and O–H groups in total. The lowest BCUT2D eigenvalue weighted by Crippen LogP contribution is -2.49. The number of carbonyl (C=O) groups excluding carboxylic acids is 1. The predicted octanol–water partition coefficient (Wildman–Crippen LogP) is 0.975. The van der Waals surface area contributed by atoms with Crippen LogP contribution < -0.4 is 0 Å². The molecule has 1 aromatic rings. The number of amides is 1. The average molecular weight is 237 g/mol. The third-order valence-electron chi connectivity index (χ3n) is 3.02. The summed E-state index contributed by atoms with van der Waals surface area (Å²) in [4.78, 5) is 20.1. The standard InChI is InChI=1S/C12H19N3O2/c1-10(2)12(16)15-6-4-14(5-7-15)9-11-13-3-8-17-11/h3,8,10H,4-7,9H2,1-2H3. The van der Waals surface area contributed by atoms with Gasteiger partial charge in [-0.1, -0.05) is 13.8 Å². The van der Waals surface area contributed by atoms with Gasteiger partial charge < -0.3 is 9.32 Å². The summed E-state index contributed by atoms with van der Waals surface area (Å²) in [7, 11) is 0. The van der Waals surface area contributed by atoms with Crippen molar-refractivity contribution in [3.63, 3.8) is 0 Å². The van der Waals surface area contributed by atoms with Gasteiger partial charge in [0.05, 0.1) is 12.7 Å². The molecule has 0 bridgehead atoms. The molecule has 17 heavy (non-hydrogen) atoms. The smallest absolute Gasteiger partial charge is 0.225 e. The zero-order valence-electron chi connectivity index (χ0n) is 10.4. The van der Waals surface area contributed by atoms with Crippen molar-refractivity contribution < 1.29 is 9.21 Å². The summed E-state index contributed by atoms with van der Waals surface area (Å²) in [5, 5.41) is 0. The quantitative estimate of drug-likeness (QED) is 0.786. The van der Waals surface area contributed by atoms with E-state index >= 15 is 0 Å². The Morgan fingerprint density at radius 3 is 2.65 bits per heavy atom. The molecule has 0 saturated carbocycles. The predicted molar refractivity (Wildman–Crippen MR) is 63.2 cm³/mol. The topological polar surface area (TPSA) is 49.6 Å². The van der Waals surface area contributed by atoms with E-state index in [1.54, 1.807) is 12.5 Å². The minimum Gasteiger partial charge on any atom is -0.448 e. The van der Waals surface area contributed by atoms with Crippen molar-refractivity contribution in [2.24, 2.45) is 5.92 Å². The Hall–Kier alpha value is -1.36. The van der Waals surface area contributed by atoms with E-state index in [9.17, 15) is 4.79 Å². The molecule has 0 spiro atoms. The van der Waals surface area contributed by atoms with Crippen LogP contribution >= 0.6 is 0 Å². The first kappa shape index (κ1) is 12.1. The maximum Gasteiger partial charge on any atom is 0.225 e. The van der Waals surface area contributed by atoms with Gasteiger partial charge >= 0.3 is 0 Å². The van der Waals surface area contributed by atoms with Crippen LogP contribution in [0.5, 0.6) is 0 Å². The number of rotatable bonds is 3. The van der Waals surface area contributed by atoms with Crippen LogP contribution in [0.4, 0.5) is 0 Å². The highest BCUT2D eigenvalue weighted by atomic mass is 16.3. The number of carbonyl (C=O) groups is 1. The van der Waals surface area contributed by atoms with Crippen molar-refractivity contribution in [2.45, 2.75) is 20.4 Å². The first-order valence-corrected chi connectivity index (χ1v) is 6.06. The van der Waals surface area contributed by atoms with Crippen LogP contribution in [0.3, 0.4) is 0 Å². The zero-order valence-corrected chi connectivity index (χ0v) is 10.4. The van der Waals surface area contributed by atoms with Crippen molar-refractivity contribution in [1.82, 2.24) is 14.8 Å². The van der Waals surface area contributed by atoms with E-state index in [0.717, 1.165) is 38.6 Å². The molecule has 0 aliphatic carbocycles. The number of hydrogen-bond donors (Lipinski definition) is 0. The normalized spacial score (nSPS) is 17.7.